The monoisotopic (exact) mass is 342 g/mol. The Morgan fingerprint density at radius 3 is 2.38 bits per heavy atom. The van der Waals surface area contributed by atoms with Gasteiger partial charge in [-0.3, -0.25) is 0 Å². The van der Waals surface area contributed by atoms with E-state index >= 15 is 0 Å². The summed E-state index contributed by atoms with van der Waals surface area (Å²) in [4.78, 5) is 11.1. The highest BCUT2D eigenvalue weighted by Gasteiger charge is 2.05. The van der Waals surface area contributed by atoms with Gasteiger partial charge in [-0.2, -0.15) is 0 Å². The fourth-order valence-electron chi connectivity index (χ4n) is 1.00. The Kier molecular flexibility index (Phi) is 9.95. The molecule has 0 saturated heterocycles. The summed E-state index contributed by atoms with van der Waals surface area (Å²) < 4.78 is 5.70. The van der Waals surface area contributed by atoms with E-state index in [0.29, 0.717) is 6.61 Å². The molecule has 0 atom stereocenters. The first kappa shape index (κ1) is 18.1. The molecule has 0 radical (unpaired) electrons. The highest BCUT2D eigenvalue weighted by Crippen LogP contribution is 1.91. The van der Waals surface area contributed by atoms with Crippen molar-refractivity contribution in [2.75, 3.05) is 40.8 Å². The number of nitrogens with zero attached hydrogens (tertiary/aromatic N) is 1. The number of nitrogens with one attached hydrogen (secondary N) is 1. The topological polar surface area (TPSA) is 38.3 Å². The lowest BCUT2D eigenvalue weighted by Gasteiger charge is -2.24. The summed E-state index contributed by atoms with van der Waals surface area (Å²) in [6.07, 6.45) is 1.49. The van der Waals surface area contributed by atoms with E-state index in [0.717, 1.165) is 23.3 Å². The Labute approximate surface area is 116 Å². The molecule has 5 heteroatoms. The van der Waals surface area contributed by atoms with Gasteiger partial charge in [0.15, 0.2) is 0 Å². The molecule has 1 N–H and O–H groups in total. The quantitative estimate of drug-likeness (QED) is 0.257. The van der Waals surface area contributed by atoms with Gasteiger partial charge in [-0.15, -0.1) is 0 Å². The van der Waals surface area contributed by atoms with Crippen LogP contribution in [-0.4, -0.2) is 51.3 Å². The van der Waals surface area contributed by atoms with Crippen LogP contribution in [0.3, 0.4) is 0 Å². The zero-order chi connectivity index (χ0) is 11.9. The molecular formula is C11H23IN2O2. The van der Waals surface area contributed by atoms with Crippen molar-refractivity contribution in [3.05, 3.63) is 11.8 Å². The Hall–Kier alpha value is -0.300. The van der Waals surface area contributed by atoms with Gasteiger partial charge < -0.3 is 38.5 Å². The lowest BCUT2D eigenvalue weighted by Crippen LogP contribution is -3.00. The number of allylic oxidation sites excluding steroid dienone is 1. The molecule has 0 aromatic carbocycles. The number of halogens is 1. The van der Waals surface area contributed by atoms with Crippen LogP contribution in [0.5, 0.6) is 0 Å². The second-order valence-corrected chi connectivity index (χ2v) is 4.52. The summed E-state index contributed by atoms with van der Waals surface area (Å²) >= 11 is 0. The number of hydrogen-bond donors (Lipinski definition) is 1. The minimum absolute atomic E-state index is 0. The lowest BCUT2D eigenvalue weighted by molar-refractivity contribution is -0.869. The Balaban J connectivity index is 0. The maximum absolute atomic E-state index is 11.1. The average molecular weight is 342 g/mol. The molecule has 0 saturated carbocycles. The third-order valence-electron chi connectivity index (χ3n) is 1.81. The van der Waals surface area contributed by atoms with Crippen molar-refractivity contribution >= 4 is 5.97 Å². The number of quaternary nitrogens is 1. The number of carbonyl (C=O) groups is 1. The Bertz CT molecular complexity index is 235. The van der Waals surface area contributed by atoms with E-state index in [1.54, 1.807) is 6.92 Å². The molecule has 4 nitrogen and oxygen atoms in total. The van der Waals surface area contributed by atoms with Gasteiger partial charge in [-0.1, -0.05) is 0 Å². The molecule has 0 heterocycles. The molecule has 0 spiro atoms. The van der Waals surface area contributed by atoms with Gasteiger partial charge in [0.25, 0.3) is 0 Å². The van der Waals surface area contributed by atoms with E-state index < -0.39 is 0 Å². The number of carbonyl (C=O) groups excluding carboxylic acids is 1. The standard InChI is InChI=1S/C11H22N2O2.HI/c1-6-15-11(14)9-10(2)12-7-8-13(3,4)5;/h9H,6-8H2,1-5H3;1H. The van der Waals surface area contributed by atoms with Crippen LogP contribution in [-0.2, 0) is 9.53 Å². The third-order valence-corrected chi connectivity index (χ3v) is 1.81. The predicted octanol–water partition coefficient (Wildman–Crippen LogP) is -2.25. The van der Waals surface area contributed by atoms with E-state index in [9.17, 15) is 4.79 Å². The van der Waals surface area contributed by atoms with Crippen molar-refractivity contribution in [3.8, 4) is 0 Å². The normalized spacial score (nSPS) is 11.7. The van der Waals surface area contributed by atoms with E-state index in [4.69, 9.17) is 4.74 Å². The van der Waals surface area contributed by atoms with Gasteiger partial charge in [0, 0.05) is 11.8 Å². The van der Waals surface area contributed by atoms with Crippen LogP contribution in [0.1, 0.15) is 13.8 Å². The Morgan fingerprint density at radius 1 is 1.38 bits per heavy atom. The summed E-state index contributed by atoms with van der Waals surface area (Å²) in [5.41, 5.74) is 0.849. The minimum atomic E-state index is -0.284. The molecule has 0 aliphatic heterocycles. The van der Waals surface area contributed by atoms with Crippen molar-refractivity contribution < 1.29 is 38.0 Å². The summed E-state index contributed by atoms with van der Waals surface area (Å²) in [5, 5.41) is 3.17. The molecule has 16 heavy (non-hydrogen) atoms. The fourth-order valence-corrected chi connectivity index (χ4v) is 1.00. The van der Waals surface area contributed by atoms with E-state index in [2.05, 4.69) is 26.5 Å². The number of hydrogen-bond acceptors (Lipinski definition) is 3. The Morgan fingerprint density at radius 2 is 1.94 bits per heavy atom. The van der Waals surface area contributed by atoms with Crippen LogP contribution in [0.25, 0.3) is 0 Å². The second-order valence-electron chi connectivity index (χ2n) is 4.52. The largest absolute Gasteiger partial charge is 1.00 e. The molecule has 0 aromatic heterocycles. The zero-order valence-corrected chi connectivity index (χ0v) is 13.0. The molecule has 0 aliphatic rings. The van der Waals surface area contributed by atoms with Crippen LogP contribution in [0, 0.1) is 0 Å². The van der Waals surface area contributed by atoms with Crippen LogP contribution in [0.2, 0.25) is 0 Å². The fraction of sp³-hybridized carbons (Fsp3) is 0.727. The highest BCUT2D eigenvalue weighted by atomic mass is 127. The first-order chi connectivity index (χ1) is 6.85. The van der Waals surface area contributed by atoms with Crippen LogP contribution >= 0.6 is 0 Å². The minimum Gasteiger partial charge on any atom is -1.00 e. The molecular weight excluding hydrogens is 319 g/mol. The van der Waals surface area contributed by atoms with Crippen molar-refractivity contribution in [2.24, 2.45) is 0 Å². The first-order valence-electron chi connectivity index (χ1n) is 5.24. The summed E-state index contributed by atoms with van der Waals surface area (Å²) in [7, 11) is 6.39. The summed E-state index contributed by atoms with van der Waals surface area (Å²) in [5.74, 6) is -0.284. The smallest absolute Gasteiger partial charge is 0.332 e. The van der Waals surface area contributed by atoms with Gasteiger partial charge >= 0.3 is 5.97 Å². The molecule has 0 unspecified atom stereocenters. The maximum atomic E-state index is 11.1. The zero-order valence-electron chi connectivity index (χ0n) is 10.8. The van der Waals surface area contributed by atoms with Crippen LogP contribution in [0.4, 0.5) is 0 Å². The van der Waals surface area contributed by atoms with E-state index in [1.165, 1.54) is 6.08 Å². The molecule has 0 amide bonds. The van der Waals surface area contributed by atoms with E-state index in [-0.39, 0.29) is 29.9 Å². The van der Waals surface area contributed by atoms with Gasteiger partial charge in [-0.25, -0.2) is 4.79 Å². The molecule has 0 aromatic rings. The molecule has 0 rings (SSSR count). The molecule has 0 bridgehead atoms. The number of ether oxygens (including phenoxy) is 1. The van der Waals surface area contributed by atoms with Crippen molar-refractivity contribution in [3.63, 3.8) is 0 Å². The van der Waals surface area contributed by atoms with Gasteiger partial charge in [0.1, 0.15) is 0 Å². The first-order valence-corrected chi connectivity index (χ1v) is 5.24. The average Bonchev–Trinajstić information content (AvgIpc) is 2.01. The van der Waals surface area contributed by atoms with Gasteiger partial charge in [0.2, 0.25) is 0 Å². The second kappa shape index (κ2) is 8.81. The van der Waals surface area contributed by atoms with Gasteiger partial charge in [0.05, 0.1) is 40.8 Å². The summed E-state index contributed by atoms with van der Waals surface area (Å²) in [6, 6.07) is 0. The SMILES string of the molecule is CCOC(=O)/C=C(/C)NCC[N+](C)(C)C.[I-]. The predicted molar refractivity (Wildman–Crippen MR) is 61.3 cm³/mol. The van der Waals surface area contributed by atoms with Crippen LogP contribution < -0.4 is 29.3 Å². The van der Waals surface area contributed by atoms with E-state index in [1.807, 2.05) is 6.92 Å². The van der Waals surface area contributed by atoms with Crippen molar-refractivity contribution in [1.29, 1.82) is 0 Å². The number of esters is 1. The molecule has 0 aliphatic carbocycles. The van der Waals surface area contributed by atoms with Crippen molar-refractivity contribution in [2.45, 2.75) is 13.8 Å². The van der Waals surface area contributed by atoms with Gasteiger partial charge in [-0.05, 0) is 13.8 Å². The third kappa shape index (κ3) is 11.8. The number of likely N-dealkylation sites (N-methyl/N-ethyl adjacent to an activating group) is 1. The maximum Gasteiger partial charge on any atom is 0.332 e. The lowest BCUT2D eigenvalue weighted by atomic mass is 10.4. The van der Waals surface area contributed by atoms with Crippen molar-refractivity contribution in [1.82, 2.24) is 5.32 Å². The molecule has 0 fully saturated rings. The molecule has 96 valence electrons. The number of rotatable bonds is 6. The van der Waals surface area contributed by atoms with Crippen LogP contribution in [0.15, 0.2) is 11.8 Å². The summed E-state index contributed by atoms with van der Waals surface area (Å²) in [6.45, 7) is 5.94. The highest BCUT2D eigenvalue weighted by molar-refractivity contribution is 5.82.